The minimum Gasteiger partial charge on any atom is -0.480 e. The number of piperazine rings is 1. The van der Waals surface area contributed by atoms with Crippen molar-refractivity contribution in [3.63, 3.8) is 0 Å². The number of hydrogen-bond donors (Lipinski definition) is 2. The van der Waals surface area contributed by atoms with Crippen molar-refractivity contribution in [3.05, 3.63) is 59.7 Å². The highest BCUT2D eigenvalue weighted by molar-refractivity contribution is 5.86. The summed E-state index contributed by atoms with van der Waals surface area (Å²) < 4.78 is 5.65. The number of carboxylic acids is 1. The Labute approximate surface area is 198 Å². The lowest BCUT2D eigenvalue weighted by Crippen LogP contribution is -2.56. The molecule has 0 radical (unpaired) electrons. The number of carbonyl (C=O) groups excluding carboxylic acids is 2. The van der Waals surface area contributed by atoms with E-state index in [4.69, 9.17) is 9.84 Å². The molecular weight excluding hydrogens is 434 g/mol. The Bertz CT molecular complexity index is 1050. The van der Waals surface area contributed by atoms with Gasteiger partial charge in [0.1, 0.15) is 12.6 Å². The normalized spacial score (nSPS) is 18.6. The standard InChI is InChI=1S/C26H29N3O5/c30-23(31)15-28-11-13-29(14-12-28)25(32)24(17-9-10-17)27-26(33)34-16-22-20-7-3-1-5-18(20)19-6-2-4-8-21(19)22/h1-8,17,22,24H,9-16H2,(H,27,33)(H,30,31). The van der Waals surface area contributed by atoms with Gasteiger partial charge in [-0.1, -0.05) is 48.5 Å². The van der Waals surface area contributed by atoms with Crippen LogP contribution in [0.5, 0.6) is 0 Å². The van der Waals surface area contributed by atoms with E-state index in [1.165, 1.54) is 11.1 Å². The number of ether oxygens (including phenoxy) is 1. The van der Waals surface area contributed by atoms with E-state index in [2.05, 4.69) is 29.6 Å². The minimum atomic E-state index is -0.868. The Kier molecular flexibility index (Phi) is 6.24. The molecule has 0 aromatic heterocycles. The van der Waals surface area contributed by atoms with Crippen LogP contribution in [0.1, 0.15) is 29.9 Å². The van der Waals surface area contributed by atoms with E-state index in [0.29, 0.717) is 26.2 Å². The fourth-order valence-electron chi connectivity index (χ4n) is 5.09. The summed E-state index contributed by atoms with van der Waals surface area (Å²) in [6.45, 7) is 2.13. The fourth-order valence-corrected chi connectivity index (χ4v) is 5.09. The van der Waals surface area contributed by atoms with Gasteiger partial charge < -0.3 is 20.1 Å². The van der Waals surface area contributed by atoms with Crippen LogP contribution in [0.3, 0.4) is 0 Å². The third kappa shape index (κ3) is 4.63. The van der Waals surface area contributed by atoms with Crippen molar-refractivity contribution < 1.29 is 24.2 Å². The van der Waals surface area contributed by atoms with E-state index in [0.717, 1.165) is 24.0 Å². The molecule has 5 rings (SSSR count). The Hall–Kier alpha value is -3.39. The second kappa shape index (κ2) is 9.46. The lowest BCUT2D eigenvalue weighted by molar-refractivity contribution is -0.140. The lowest BCUT2D eigenvalue weighted by atomic mass is 9.98. The monoisotopic (exact) mass is 463 g/mol. The van der Waals surface area contributed by atoms with E-state index in [-0.39, 0.29) is 30.9 Å². The molecule has 2 aliphatic carbocycles. The quantitative estimate of drug-likeness (QED) is 0.655. The van der Waals surface area contributed by atoms with Crippen LogP contribution in [0.4, 0.5) is 4.79 Å². The summed E-state index contributed by atoms with van der Waals surface area (Å²) in [6.07, 6.45) is 1.23. The Balaban J connectivity index is 1.19. The molecule has 2 aromatic carbocycles. The predicted molar refractivity (Wildman–Crippen MR) is 125 cm³/mol. The molecule has 3 aliphatic rings. The average Bonchev–Trinajstić information content (AvgIpc) is 3.63. The molecule has 8 nitrogen and oxygen atoms in total. The second-order valence-corrected chi connectivity index (χ2v) is 9.28. The van der Waals surface area contributed by atoms with Crippen molar-refractivity contribution in [2.24, 2.45) is 5.92 Å². The Morgan fingerprint density at radius 2 is 1.53 bits per heavy atom. The molecule has 1 aliphatic heterocycles. The third-order valence-electron chi connectivity index (χ3n) is 7.02. The number of alkyl carbamates (subject to hydrolysis) is 1. The molecule has 178 valence electrons. The molecule has 1 atom stereocenters. The summed E-state index contributed by atoms with van der Waals surface area (Å²) >= 11 is 0. The van der Waals surface area contributed by atoms with E-state index in [1.807, 2.05) is 29.2 Å². The molecule has 8 heteroatoms. The van der Waals surface area contributed by atoms with E-state index >= 15 is 0 Å². The van der Waals surface area contributed by atoms with Gasteiger partial charge in [0.05, 0.1) is 6.54 Å². The molecule has 2 amide bonds. The molecule has 0 bridgehead atoms. The van der Waals surface area contributed by atoms with Gasteiger partial charge in [0.15, 0.2) is 0 Å². The first-order chi connectivity index (χ1) is 16.5. The maximum Gasteiger partial charge on any atom is 0.407 e. The van der Waals surface area contributed by atoms with Crippen LogP contribution in [-0.4, -0.2) is 78.2 Å². The van der Waals surface area contributed by atoms with Gasteiger partial charge in [0, 0.05) is 32.1 Å². The first-order valence-corrected chi connectivity index (χ1v) is 11.9. The zero-order valence-corrected chi connectivity index (χ0v) is 19.0. The van der Waals surface area contributed by atoms with Crippen molar-refractivity contribution in [3.8, 4) is 11.1 Å². The summed E-state index contributed by atoms with van der Waals surface area (Å²) in [6, 6.07) is 15.7. The van der Waals surface area contributed by atoms with Crippen molar-refractivity contribution in [1.82, 2.24) is 15.1 Å². The third-order valence-corrected chi connectivity index (χ3v) is 7.02. The van der Waals surface area contributed by atoms with Crippen LogP contribution < -0.4 is 5.32 Å². The highest BCUT2D eigenvalue weighted by Crippen LogP contribution is 2.44. The molecule has 1 saturated heterocycles. The summed E-state index contributed by atoms with van der Waals surface area (Å²) in [5.74, 6) is -0.876. The summed E-state index contributed by atoms with van der Waals surface area (Å²) in [5.41, 5.74) is 4.62. The first-order valence-electron chi connectivity index (χ1n) is 11.9. The molecule has 0 spiro atoms. The summed E-state index contributed by atoms with van der Waals surface area (Å²) in [4.78, 5) is 40.4. The minimum absolute atomic E-state index is 0.0217. The molecule has 2 N–H and O–H groups in total. The zero-order chi connectivity index (χ0) is 23.7. The van der Waals surface area contributed by atoms with Crippen molar-refractivity contribution in [2.75, 3.05) is 39.3 Å². The van der Waals surface area contributed by atoms with Gasteiger partial charge in [-0.2, -0.15) is 0 Å². The van der Waals surface area contributed by atoms with Gasteiger partial charge in [0.25, 0.3) is 0 Å². The number of nitrogens with zero attached hydrogens (tertiary/aromatic N) is 2. The average molecular weight is 464 g/mol. The molecule has 2 fully saturated rings. The SMILES string of the molecule is O=C(O)CN1CCN(C(=O)C(NC(=O)OCC2c3ccccc3-c3ccccc32)C2CC2)CC1. The van der Waals surface area contributed by atoms with Crippen LogP contribution >= 0.6 is 0 Å². The summed E-state index contributed by atoms with van der Waals surface area (Å²) in [7, 11) is 0. The summed E-state index contributed by atoms with van der Waals surface area (Å²) in [5, 5.41) is 11.8. The predicted octanol–water partition coefficient (Wildman–Crippen LogP) is 2.53. The number of rotatable bonds is 7. The lowest BCUT2D eigenvalue weighted by Gasteiger charge is -2.35. The van der Waals surface area contributed by atoms with Crippen LogP contribution in [0.25, 0.3) is 11.1 Å². The smallest absolute Gasteiger partial charge is 0.407 e. The molecule has 1 saturated carbocycles. The Morgan fingerprint density at radius 1 is 0.941 bits per heavy atom. The number of fused-ring (bicyclic) bond motifs is 3. The number of hydrogen-bond acceptors (Lipinski definition) is 5. The molecule has 34 heavy (non-hydrogen) atoms. The number of benzene rings is 2. The number of nitrogens with one attached hydrogen (secondary N) is 1. The molecule has 1 unspecified atom stereocenters. The van der Waals surface area contributed by atoms with E-state index in [1.54, 1.807) is 4.90 Å². The number of aliphatic carboxylic acids is 1. The highest BCUT2D eigenvalue weighted by atomic mass is 16.5. The number of carbonyl (C=O) groups is 3. The molecular formula is C26H29N3O5. The maximum absolute atomic E-state index is 13.2. The van der Waals surface area contributed by atoms with Gasteiger partial charge >= 0.3 is 12.1 Å². The van der Waals surface area contributed by atoms with Gasteiger partial charge in [-0.05, 0) is 41.0 Å². The van der Waals surface area contributed by atoms with Crippen LogP contribution in [0.15, 0.2) is 48.5 Å². The Morgan fingerprint density at radius 3 is 2.09 bits per heavy atom. The number of amides is 2. The van der Waals surface area contributed by atoms with Crippen molar-refractivity contribution in [2.45, 2.75) is 24.8 Å². The topological polar surface area (TPSA) is 99.2 Å². The van der Waals surface area contributed by atoms with Crippen LogP contribution in [-0.2, 0) is 14.3 Å². The largest absolute Gasteiger partial charge is 0.480 e. The zero-order valence-electron chi connectivity index (χ0n) is 19.0. The van der Waals surface area contributed by atoms with Crippen molar-refractivity contribution in [1.29, 1.82) is 0 Å². The second-order valence-electron chi connectivity index (χ2n) is 9.28. The van der Waals surface area contributed by atoms with Gasteiger partial charge in [-0.3, -0.25) is 14.5 Å². The van der Waals surface area contributed by atoms with Gasteiger partial charge in [-0.25, -0.2) is 4.79 Å². The van der Waals surface area contributed by atoms with Crippen LogP contribution in [0, 0.1) is 5.92 Å². The van der Waals surface area contributed by atoms with Gasteiger partial charge in [0.2, 0.25) is 5.91 Å². The maximum atomic E-state index is 13.2. The number of carboxylic acid groups (broad SMARTS) is 1. The van der Waals surface area contributed by atoms with Gasteiger partial charge in [-0.15, -0.1) is 0 Å². The van der Waals surface area contributed by atoms with Crippen LogP contribution in [0.2, 0.25) is 0 Å². The van der Waals surface area contributed by atoms with Crippen molar-refractivity contribution >= 4 is 18.0 Å². The first kappa shape index (κ1) is 22.4. The molecule has 1 heterocycles. The van der Waals surface area contributed by atoms with E-state index in [9.17, 15) is 14.4 Å². The molecule has 2 aromatic rings. The fraction of sp³-hybridized carbons (Fsp3) is 0.423. The highest BCUT2D eigenvalue weighted by Gasteiger charge is 2.40. The van der Waals surface area contributed by atoms with E-state index < -0.39 is 18.1 Å².